The molecule has 2 aromatic rings. The lowest BCUT2D eigenvalue weighted by Crippen LogP contribution is -2.63. The zero-order valence-corrected chi connectivity index (χ0v) is 19.5. The molecule has 2 fully saturated rings. The third-order valence-electron chi connectivity index (χ3n) is 6.82. The second kappa shape index (κ2) is 9.31. The van der Waals surface area contributed by atoms with Gasteiger partial charge in [0.25, 0.3) is 0 Å². The normalized spacial score (nSPS) is 18.2. The SMILES string of the molecule is CCN(CC)CCNC(=O)C1CC2(C1)CN(Cc1oc(-c3ccc(Cl)cc3)nc1C)C2. The Balaban J connectivity index is 1.21. The summed E-state index contributed by atoms with van der Waals surface area (Å²) in [5.74, 6) is 1.98. The average Bonchev–Trinajstić information content (AvgIpc) is 3.06. The highest BCUT2D eigenvalue weighted by atomic mass is 35.5. The second-order valence-corrected chi connectivity index (χ2v) is 9.54. The van der Waals surface area contributed by atoms with Crippen LogP contribution in [0.25, 0.3) is 11.5 Å². The first-order valence-electron chi connectivity index (χ1n) is 11.4. The minimum Gasteiger partial charge on any atom is -0.440 e. The van der Waals surface area contributed by atoms with Crippen LogP contribution in [-0.4, -0.2) is 60.0 Å². The molecule has 0 unspecified atom stereocenters. The maximum Gasteiger partial charge on any atom is 0.226 e. The molecule has 1 spiro atoms. The summed E-state index contributed by atoms with van der Waals surface area (Å²) in [5.41, 5.74) is 2.20. The molecule has 6 nitrogen and oxygen atoms in total. The van der Waals surface area contributed by atoms with E-state index in [9.17, 15) is 4.79 Å². The summed E-state index contributed by atoms with van der Waals surface area (Å²) >= 11 is 5.97. The van der Waals surface area contributed by atoms with Gasteiger partial charge in [-0.25, -0.2) is 4.98 Å². The van der Waals surface area contributed by atoms with Gasteiger partial charge in [0.05, 0.1) is 12.2 Å². The minimum atomic E-state index is 0.183. The summed E-state index contributed by atoms with van der Waals surface area (Å²) in [5, 5.41) is 3.83. The number of rotatable bonds is 9. The lowest BCUT2D eigenvalue weighted by atomic mass is 9.57. The van der Waals surface area contributed by atoms with Gasteiger partial charge in [-0.3, -0.25) is 9.69 Å². The molecule has 1 N–H and O–H groups in total. The number of carbonyl (C=O) groups is 1. The molecular weight excluding hydrogens is 412 g/mol. The molecule has 2 aliphatic rings. The van der Waals surface area contributed by atoms with E-state index in [-0.39, 0.29) is 11.8 Å². The maximum absolute atomic E-state index is 12.4. The van der Waals surface area contributed by atoms with Gasteiger partial charge in [0.1, 0.15) is 5.76 Å². The fourth-order valence-corrected chi connectivity index (χ4v) is 5.08. The van der Waals surface area contributed by atoms with E-state index in [1.165, 1.54) is 0 Å². The molecule has 1 aliphatic carbocycles. The van der Waals surface area contributed by atoms with Gasteiger partial charge in [-0.15, -0.1) is 0 Å². The van der Waals surface area contributed by atoms with E-state index in [2.05, 4.69) is 33.9 Å². The van der Waals surface area contributed by atoms with E-state index in [0.29, 0.717) is 16.3 Å². The largest absolute Gasteiger partial charge is 0.440 e. The van der Waals surface area contributed by atoms with Crippen molar-refractivity contribution >= 4 is 17.5 Å². The summed E-state index contributed by atoms with van der Waals surface area (Å²) in [6, 6.07) is 7.55. The third-order valence-corrected chi connectivity index (χ3v) is 7.07. The molecule has 7 heteroatoms. The Morgan fingerprint density at radius 1 is 1.26 bits per heavy atom. The number of benzene rings is 1. The number of amides is 1. The molecule has 1 saturated heterocycles. The number of hydrogen-bond donors (Lipinski definition) is 1. The second-order valence-electron chi connectivity index (χ2n) is 9.10. The number of halogens is 1. The Kier molecular flexibility index (Phi) is 6.70. The Morgan fingerprint density at radius 2 is 1.94 bits per heavy atom. The first-order valence-corrected chi connectivity index (χ1v) is 11.7. The summed E-state index contributed by atoms with van der Waals surface area (Å²) in [6.07, 6.45) is 2.01. The number of carbonyl (C=O) groups excluding carboxylic acids is 1. The first-order chi connectivity index (χ1) is 14.9. The monoisotopic (exact) mass is 444 g/mol. The fourth-order valence-electron chi connectivity index (χ4n) is 4.96. The third kappa shape index (κ3) is 4.97. The topological polar surface area (TPSA) is 61.6 Å². The summed E-state index contributed by atoms with van der Waals surface area (Å²) in [4.78, 5) is 21.7. The smallest absolute Gasteiger partial charge is 0.226 e. The van der Waals surface area contributed by atoms with Gasteiger partial charge in [-0.1, -0.05) is 25.4 Å². The van der Waals surface area contributed by atoms with Crippen LogP contribution in [0, 0.1) is 18.3 Å². The Morgan fingerprint density at radius 3 is 2.58 bits per heavy atom. The molecule has 31 heavy (non-hydrogen) atoms. The summed E-state index contributed by atoms with van der Waals surface area (Å²) in [6.45, 7) is 12.9. The van der Waals surface area contributed by atoms with Crippen molar-refractivity contribution in [3.63, 3.8) is 0 Å². The lowest BCUT2D eigenvalue weighted by Gasteiger charge is -2.58. The van der Waals surface area contributed by atoms with Gasteiger partial charge in [0, 0.05) is 42.7 Å². The molecule has 0 radical (unpaired) electrons. The Bertz CT molecular complexity index is 893. The molecule has 2 heterocycles. The zero-order chi connectivity index (χ0) is 22.0. The molecule has 1 amide bonds. The highest BCUT2D eigenvalue weighted by molar-refractivity contribution is 6.30. The molecule has 0 atom stereocenters. The van der Waals surface area contributed by atoms with Gasteiger partial charge in [0.15, 0.2) is 0 Å². The Labute approximate surface area is 189 Å². The van der Waals surface area contributed by atoms with E-state index < -0.39 is 0 Å². The van der Waals surface area contributed by atoms with Crippen LogP contribution in [-0.2, 0) is 11.3 Å². The van der Waals surface area contributed by atoms with E-state index in [4.69, 9.17) is 16.0 Å². The van der Waals surface area contributed by atoms with Crippen LogP contribution in [0.1, 0.15) is 38.1 Å². The number of aryl methyl sites for hydroxylation is 1. The molecule has 1 aromatic heterocycles. The first kappa shape index (κ1) is 22.3. The van der Waals surface area contributed by atoms with Crippen molar-refractivity contribution in [1.29, 1.82) is 0 Å². The van der Waals surface area contributed by atoms with Gasteiger partial charge < -0.3 is 14.6 Å². The number of nitrogens with one attached hydrogen (secondary N) is 1. The fraction of sp³-hybridized carbons (Fsp3) is 0.583. The summed E-state index contributed by atoms with van der Waals surface area (Å²) < 4.78 is 6.04. The van der Waals surface area contributed by atoms with Gasteiger partial charge in [0.2, 0.25) is 11.8 Å². The van der Waals surface area contributed by atoms with Crippen molar-refractivity contribution in [2.45, 2.75) is 40.2 Å². The standard InChI is InChI=1S/C24H33ClN4O2/c1-4-28(5-2)11-10-26-22(30)19-12-24(13-19)15-29(16-24)14-21-17(3)27-23(31-21)18-6-8-20(25)9-7-18/h6-9,19H,4-5,10-16H2,1-3H3,(H,26,30). The van der Waals surface area contributed by atoms with E-state index in [0.717, 1.165) is 75.7 Å². The zero-order valence-electron chi connectivity index (χ0n) is 18.8. The average molecular weight is 445 g/mol. The molecule has 1 aliphatic heterocycles. The molecule has 1 saturated carbocycles. The molecular formula is C24H33ClN4O2. The van der Waals surface area contributed by atoms with Crippen LogP contribution in [0.5, 0.6) is 0 Å². The number of aromatic nitrogens is 1. The van der Waals surface area contributed by atoms with Crippen molar-refractivity contribution in [3.05, 3.63) is 40.7 Å². The van der Waals surface area contributed by atoms with Crippen molar-refractivity contribution in [2.75, 3.05) is 39.3 Å². The van der Waals surface area contributed by atoms with Gasteiger partial charge in [-0.05, 0) is 62.5 Å². The van der Waals surface area contributed by atoms with Crippen LogP contribution in [0.4, 0.5) is 0 Å². The van der Waals surface area contributed by atoms with Crippen LogP contribution in [0.15, 0.2) is 28.7 Å². The van der Waals surface area contributed by atoms with Crippen LogP contribution < -0.4 is 5.32 Å². The maximum atomic E-state index is 12.4. The van der Waals surface area contributed by atoms with Crippen LogP contribution in [0.2, 0.25) is 5.02 Å². The Hall–Kier alpha value is -1.89. The highest BCUT2D eigenvalue weighted by Crippen LogP contribution is 2.52. The number of likely N-dealkylation sites (tertiary alicyclic amines) is 1. The van der Waals surface area contributed by atoms with E-state index >= 15 is 0 Å². The lowest BCUT2D eigenvalue weighted by molar-refractivity contribution is -0.145. The quantitative estimate of drug-likeness (QED) is 0.634. The van der Waals surface area contributed by atoms with E-state index in [1.807, 2.05) is 31.2 Å². The number of hydrogen-bond acceptors (Lipinski definition) is 5. The van der Waals surface area contributed by atoms with Crippen molar-refractivity contribution in [1.82, 2.24) is 20.1 Å². The summed E-state index contributed by atoms with van der Waals surface area (Å²) in [7, 11) is 0. The van der Waals surface area contributed by atoms with Crippen molar-refractivity contribution < 1.29 is 9.21 Å². The highest BCUT2D eigenvalue weighted by Gasteiger charge is 2.54. The molecule has 0 bridgehead atoms. The van der Waals surface area contributed by atoms with Crippen molar-refractivity contribution in [2.24, 2.45) is 11.3 Å². The van der Waals surface area contributed by atoms with Crippen LogP contribution in [0.3, 0.4) is 0 Å². The molecule has 1 aromatic carbocycles. The number of likely N-dealkylation sites (N-methyl/N-ethyl adjacent to an activating group) is 1. The molecule has 168 valence electrons. The predicted octanol–water partition coefficient (Wildman–Crippen LogP) is 3.97. The van der Waals surface area contributed by atoms with Crippen molar-refractivity contribution in [3.8, 4) is 11.5 Å². The molecule has 4 rings (SSSR count). The number of oxazole rings is 1. The minimum absolute atomic E-state index is 0.183. The van der Waals surface area contributed by atoms with Gasteiger partial charge >= 0.3 is 0 Å². The van der Waals surface area contributed by atoms with E-state index in [1.54, 1.807) is 0 Å². The predicted molar refractivity (Wildman–Crippen MR) is 123 cm³/mol. The van der Waals surface area contributed by atoms with Crippen LogP contribution >= 0.6 is 11.6 Å². The van der Waals surface area contributed by atoms with Gasteiger partial charge in [-0.2, -0.15) is 0 Å². The number of nitrogens with zero attached hydrogens (tertiary/aromatic N) is 3.